The third kappa shape index (κ3) is 3.57. The molecule has 0 spiro atoms. The maximum atomic E-state index is 12.9. The smallest absolute Gasteiger partial charge is 0.339 e. The lowest BCUT2D eigenvalue weighted by Crippen LogP contribution is -2.29. The summed E-state index contributed by atoms with van der Waals surface area (Å²) in [6.45, 7) is 2.10. The Morgan fingerprint density at radius 2 is 1.88 bits per heavy atom. The fourth-order valence-electron chi connectivity index (χ4n) is 2.63. The normalized spacial score (nSPS) is 15.6. The minimum absolute atomic E-state index is 0.240. The van der Waals surface area contributed by atoms with Crippen LogP contribution in [-0.2, 0) is 16.0 Å². The van der Waals surface area contributed by atoms with E-state index in [2.05, 4.69) is 6.92 Å². The number of thioether (sulfide) groups is 1. The van der Waals surface area contributed by atoms with Crippen LogP contribution < -0.4 is 4.90 Å². The number of carbonyl (C=O) groups excluding carboxylic acids is 2. The summed E-state index contributed by atoms with van der Waals surface area (Å²) in [5.74, 6) is -0.746. The lowest BCUT2D eigenvalue weighted by atomic mass is 10.1. The molecule has 0 N–H and O–H groups in total. The lowest BCUT2D eigenvalue weighted by Gasteiger charge is -2.17. The number of esters is 1. The summed E-state index contributed by atoms with van der Waals surface area (Å²) in [4.78, 5) is 26.8. The molecule has 0 aliphatic carbocycles. The Morgan fingerprint density at radius 1 is 1.19 bits per heavy atom. The number of anilines is 1. The van der Waals surface area contributed by atoms with Crippen LogP contribution in [0.5, 0.6) is 0 Å². The van der Waals surface area contributed by atoms with Gasteiger partial charge in [-0.05, 0) is 35.8 Å². The molecule has 1 amide bonds. The Hall–Kier alpha value is -2.44. The number of carbonyl (C=O) groups is 2. The van der Waals surface area contributed by atoms with Crippen molar-refractivity contribution >= 4 is 51.9 Å². The van der Waals surface area contributed by atoms with Gasteiger partial charge < -0.3 is 4.74 Å². The Kier molecular flexibility index (Phi) is 5.54. The van der Waals surface area contributed by atoms with E-state index in [4.69, 9.17) is 17.0 Å². The average Bonchev–Trinajstić information content (AvgIpc) is 2.95. The molecule has 2 aromatic carbocycles. The van der Waals surface area contributed by atoms with Crippen molar-refractivity contribution in [2.45, 2.75) is 13.3 Å². The molecule has 1 saturated heterocycles. The molecule has 3 rings (SSSR count). The molecular formula is C20H17NO3S2. The van der Waals surface area contributed by atoms with Crippen LogP contribution in [0.25, 0.3) is 6.08 Å². The molecule has 0 saturated carbocycles. The SMILES string of the molecule is CCc1ccc(/C=C2\SC(=S)N(c3ccccc3C(=O)OC)C2=O)cc1. The summed E-state index contributed by atoms with van der Waals surface area (Å²) >= 11 is 6.62. The van der Waals surface area contributed by atoms with Crippen LogP contribution in [0.15, 0.2) is 53.4 Å². The Balaban J connectivity index is 1.95. The molecule has 0 atom stereocenters. The lowest BCUT2D eigenvalue weighted by molar-refractivity contribution is -0.113. The predicted molar refractivity (Wildman–Crippen MR) is 109 cm³/mol. The zero-order chi connectivity index (χ0) is 18.7. The molecule has 1 heterocycles. The van der Waals surface area contributed by atoms with Gasteiger partial charge in [0, 0.05) is 0 Å². The third-order valence-corrected chi connectivity index (χ3v) is 5.33. The van der Waals surface area contributed by atoms with Crippen LogP contribution in [-0.4, -0.2) is 23.3 Å². The van der Waals surface area contributed by atoms with Crippen LogP contribution in [0.4, 0.5) is 5.69 Å². The van der Waals surface area contributed by atoms with Gasteiger partial charge in [-0.15, -0.1) is 0 Å². The Labute approximate surface area is 161 Å². The van der Waals surface area contributed by atoms with Gasteiger partial charge in [-0.25, -0.2) is 4.79 Å². The van der Waals surface area contributed by atoms with E-state index < -0.39 is 5.97 Å². The van der Waals surface area contributed by atoms with E-state index in [1.54, 1.807) is 24.3 Å². The van der Waals surface area contributed by atoms with Crippen molar-refractivity contribution < 1.29 is 14.3 Å². The van der Waals surface area contributed by atoms with Crippen LogP contribution >= 0.6 is 24.0 Å². The number of hydrogen-bond acceptors (Lipinski definition) is 5. The van der Waals surface area contributed by atoms with Crippen LogP contribution in [0.1, 0.15) is 28.4 Å². The number of methoxy groups -OCH3 is 1. The Morgan fingerprint density at radius 3 is 2.54 bits per heavy atom. The molecule has 0 radical (unpaired) electrons. The van der Waals surface area contributed by atoms with Crippen molar-refractivity contribution in [3.8, 4) is 0 Å². The molecule has 1 fully saturated rings. The van der Waals surface area contributed by atoms with Crippen LogP contribution in [0.2, 0.25) is 0 Å². The van der Waals surface area contributed by atoms with E-state index in [1.165, 1.54) is 29.3 Å². The number of benzene rings is 2. The van der Waals surface area contributed by atoms with Gasteiger partial charge in [0.25, 0.3) is 5.91 Å². The number of ether oxygens (including phenoxy) is 1. The number of para-hydroxylation sites is 1. The van der Waals surface area contributed by atoms with E-state index in [0.717, 1.165) is 12.0 Å². The second kappa shape index (κ2) is 7.85. The van der Waals surface area contributed by atoms with Gasteiger partial charge in [0.1, 0.15) is 0 Å². The van der Waals surface area contributed by atoms with E-state index in [-0.39, 0.29) is 5.91 Å². The van der Waals surface area contributed by atoms with Crippen molar-refractivity contribution in [2.24, 2.45) is 0 Å². The highest BCUT2D eigenvalue weighted by atomic mass is 32.2. The van der Waals surface area contributed by atoms with E-state index in [1.807, 2.05) is 30.3 Å². The summed E-state index contributed by atoms with van der Waals surface area (Å²) in [5, 5.41) is 0. The molecule has 4 nitrogen and oxygen atoms in total. The minimum atomic E-state index is -0.506. The fourth-order valence-corrected chi connectivity index (χ4v) is 3.91. The third-order valence-electron chi connectivity index (χ3n) is 4.03. The van der Waals surface area contributed by atoms with E-state index in [9.17, 15) is 9.59 Å². The molecule has 0 unspecified atom stereocenters. The number of nitrogens with zero attached hydrogens (tertiary/aromatic N) is 1. The van der Waals surface area contributed by atoms with Gasteiger partial charge >= 0.3 is 5.97 Å². The van der Waals surface area contributed by atoms with Crippen molar-refractivity contribution in [1.29, 1.82) is 0 Å². The van der Waals surface area contributed by atoms with E-state index >= 15 is 0 Å². The van der Waals surface area contributed by atoms with Crippen molar-refractivity contribution in [3.63, 3.8) is 0 Å². The zero-order valence-corrected chi connectivity index (χ0v) is 16.0. The molecule has 1 aliphatic heterocycles. The summed E-state index contributed by atoms with van der Waals surface area (Å²) in [7, 11) is 1.31. The largest absolute Gasteiger partial charge is 0.465 e. The first-order chi connectivity index (χ1) is 12.5. The van der Waals surface area contributed by atoms with Gasteiger partial charge in [0.2, 0.25) is 0 Å². The van der Waals surface area contributed by atoms with Crippen molar-refractivity contribution in [2.75, 3.05) is 12.0 Å². The average molecular weight is 383 g/mol. The van der Waals surface area contributed by atoms with Gasteiger partial charge in [0.15, 0.2) is 4.32 Å². The number of aryl methyl sites for hydroxylation is 1. The first kappa shape index (κ1) is 18.4. The molecule has 0 bridgehead atoms. The highest BCUT2D eigenvalue weighted by Gasteiger charge is 2.35. The number of hydrogen-bond donors (Lipinski definition) is 0. The van der Waals surface area contributed by atoms with Crippen LogP contribution in [0, 0.1) is 0 Å². The molecule has 0 aromatic heterocycles. The topological polar surface area (TPSA) is 46.6 Å². The number of rotatable bonds is 4. The Bertz CT molecular complexity index is 904. The second-order valence-corrected chi connectivity index (χ2v) is 7.30. The molecule has 26 heavy (non-hydrogen) atoms. The zero-order valence-electron chi connectivity index (χ0n) is 14.4. The first-order valence-corrected chi connectivity index (χ1v) is 9.32. The monoisotopic (exact) mass is 383 g/mol. The first-order valence-electron chi connectivity index (χ1n) is 8.09. The molecular weight excluding hydrogens is 366 g/mol. The van der Waals surface area contributed by atoms with Crippen molar-refractivity contribution in [3.05, 3.63) is 70.1 Å². The maximum absolute atomic E-state index is 12.9. The minimum Gasteiger partial charge on any atom is -0.465 e. The van der Waals surface area contributed by atoms with Gasteiger partial charge in [0.05, 0.1) is 23.3 Å². The van der Waals surface area contributed by atoms with Gasteiger partial charge in [-0.2, -0.15) is 0 Å². The molecule has 2 aromatic rings. The van der Waals surface area contributed by atoms with Gasteiger partial charge in [-0.1, -0.05) is 67.3 Å². The molecule has 6 heteroatoms. The highest BCUT2D eigenvalue weighted by Crippen LogP contribution is 2.37. The number of thiocarbonyl (C=S) groups is 1. The molecule has 1 aliphatic rings. The summed E-state index contributed by atoms with van der Waals surface area (Å²) in [6.07, 6.45) is 2.78. The summed E-state index contributed by atoms with van der Waals surface area (Å²) in [6, 6.07) is 14.8. The van der Waals surface area contributed by atoms with Crippen LogP contribution in [0.3, 0.4) is 0 Å². The second-order valence-electron chi connectivity index (χ2n) is 5.62. The summed E-state index contributed by atoms with van der Waals surface area (Å²) < 4.78 is 5.20. The number of amides is 1. The van der Waals surface area contributed by atoms with Crippen molar-refractivity contribution in [1.82, 2.24) is 0 Å². The molecule has 132 valence electrons. The standard InChI is InChI=1S/C20H17NO3S2/c1-3-13-8-10-14(11-9-13)12-17-18(22)21(20(25)26-17)16-7-5-4-6-15(16)19(23)24-2/h4-12H,3H2,1-2H3/b17-12-. The van der Waals surface area contributed by atoms with Gasteiger partial charge in [-0.3, -0.25) is 9.69 Å². The quantitative estimate of drug-likeness (QED) is 0.444. The fraction of sp³-hybridized carbons (Fsp3) is 0.150. The van der Waals surface area contributed by atoms with E-state index in [0.29, 0.717) is 20.5 Å². The maximum Gasteiger partial charge on any atom is 0.339 e. The summed E-state index contributed by atoms with van der Waals surface area (Å²) in [5.41, 5.74) is 2.91. The predicted octanol–water partition coefficient (Wildman–Crippen LogP) is 4.44. The highest BCUT2D eigenvalue weighted by molar-refractivity contribution is 8.27.